The molecule has 0 radical (unpaired) electrons. The van der Waals surface area contributed by atoms with Crippen LogP contribution in [0.1, 0.15) is 15.9 Å². The predicted octanol–water partition coefficient (Wildman–Crippen LogP) is 1.36. The zero-order valence-electron chi connectivity index (χ0n) is 9.04. The maximum absolute atomic E-state index is 11.4. The van der Waals surface area contributed by atoms with Crippen molar-refractivity contribution in [3.05, 3.63) is 42.0 Å². The van der Waals surface area contributed by atoms with E-state index < -0.39 is 0 Å². The topological polar surface area (TPSA) is 57.0 Å². The summed E-state index contributed by atoms with van der Waals surface area (Å²) in [4.78, 5) is 15.2. The minimum atomic E-state index is -0.360. The summed E-state index contributed by atoms with van der Waals surface area (Å²) in [5, 5.41) is 4.03. The van der Waals surface area contributed by atoms with Crippen LogP contribution >= 0.6 is 0 Å². The zero-order chi connectivity index (χ0) is 11.5. The molecule has 0 saturated heterocycles. The molecule has 0 bridgehead atoms. The SMILES string of the molecule is COC(=O)c1ccc(C)c(-n2cncn2)c1. The third-order valence-corrected chi connectivity index (χ3v) is 2.30. The van der Waals surface area contributed by atoms with E-state index in [1.165, 1.54) is 13.4 Å². The van der Waals surface area contributed by atoms with Crippen molar-refractivity contribution < 1.29 is 9.53 Å². The first-order valence-corrected chi connectivity index (χ1v) is 4.76. The van der Waals surface area contributed by atoms with Gasteiger partial charge in [0.2, 0.25) is 0 Å². The molecule has 0 aliphatic rings. The quantitative estimate of drug-likeness (QED) is 0.713. The van der Waals surface area contributed by atoms with E-state index in [0.29, 0.717) is 5.56 Å². The van der Waals surface area contributed by atoms with Gasteiger partial charge in [-0.25, -0.2) is 14.5 Å². The summed E-state index contributed by atoms with van der Waals surface area (Å²) in [5.41, 5.74) is 2.33. The molecule has 1 aromatic carbocycles. The van der Waals surface area contributed by atoms with Gasteiger partial charge in [-0.15, -0.1) is 0 Å². The normalized spacial score (nSPS) is 10.1. The van der Waals surface area contributed by atoms with Crippen molar-refractivity contribution in [1.82, 2.24) is 14.8 Å². The molecule has 0 aliphatic heterocycles. The fraction of sp³-hybridized carbons (Fsp3) is 0.182. The number of hydrogen-bond donors (Lipinski definition) is 0. The lowest BCUT2D eigenvalue weighted by molar-refractivity contribution is 0.0600. The highest BCUT2D eigenvalue weighted by Crippen LogP contribution is 2.15. The molecular formula is C11H11N3O2. The number of rotatable bonds is 2. The molecule has 0 spiro atoms. The minimum Gasteiger partial charge on any atom is -0.465 e. The number of ether oxygens (including phenoxy) is 1. The van der Waals surface area contributed by atoms with Gasteiger partial charge < -0.3 is 4.74 Å². The zero-order valence-corrected chi connectivity index (χ0v) is 9.04. The Morgan fingerprint density at radius 1 is 1.44 bits per heavy atom. The summed E-state index contributed by atoms with van der Waals surface area (Å²) in [6.45, 7) is 1.94. The third-order valence-electron chi connectivity index (χ3n) is 2.30. The Hall–Kier alpha value is -2.17. The van der Waals surface area contributed by atoms with Gasteiger partial charge in [0, 0.05) is 0 Å². The monoisotopic (exact) mass is 217 g/mol. The van der Waals surface area contributed by atoms with Crippen molar-refractivity contribution in [2.75, 3.05) is 7.11 Å². The molecule has 0 unspecified atom stereocenters. The standard InChI is InChI=1S/C11H11N3O2/c1-8-3-4-9(11(15)16-2)5-10(8)14-7-12-6-13-14/h3-7H,1-2H3. The summed E-state index contributed by atoms with van der Waals surface area (Å²) in [6, 6.07) is 5.31. The molecule has 0 atom stereocenters. The van der Waals surface area contributed by atoms with Crippen molar-refractivity contribution >= 4 is 5.97 Å². The lowest BCUT2D eigenvalue weighted by Gasteiger charge is -2.07. The van der Waals surface area contributed by atoms with E-state index in [2.05, 4.69) is 14.8 Å². The first-order valence-electron chi connectivity index (χ1n) is 4.76. The largest absolute Gasteiger partial charge is 0.465 e. The van der Waals surface area contributed by atoms with Gasteiger partial charge in [0.25, 0.3) is 0 Å². The second-order valence-corrected chi connectivity index (χ2v) is 3.33. The molecule has 2 aromatic rings. The second kappa shape index (κ2) is 4.14. The fourth-order valence-corrected chi connectivity index (χ4v) is 1.43. The van der Waals surface area contributed by atoms with Crippen LogP contribution in [0.4, 0.5) is 0 Å². The molecular weight excluding hydrogens is 206 g/mol. The van der Waals surface area contributed by atoms with Gasteiger partial charge in [-0.3, -0.25) is 0 Å². The van der Waals surface area contributed by atoms with E-state index in [1.54, 1.807) is 23.1 Å². The molecule has 1 heterocycles. The third kappa shape index (κ3) is 1.79. The summed E-state index contributed by atoms with van der Waals surface area (Å²) in [5.74, 6) is -0.360. The predicted molar refractivity (Wildman–Crippen MR) is 57.4 cm³/mol. The van der Waals surface area contributed by atoms with Gasteiger partial charge in [-0.2, -0.15) is 5.10 Å². The van der Waals surface area contributed by atoms with E-state index in [1.807, 2.05) is 13.0 Å². The van der Waals surface area contributed by atoms with Crippen LogP contribution < -0.4 is 0 Å². The first kappa shape index (κ1) is 10.4. The van der Waals surface area contributed by atoms with Crippen LogP contribution in [-0.4, -0.2) is 27.8 Å². The van der Waals surface area contributed by atoms with Gasteiger partial charge in [0.05, 0.1) is 18.4 Å². The highest BCUT2D eigenvalue weighted by atomic mass is 16.5. The molecule has 1 aromatic heterocycles. The average molecular weight is 217 g/mol. The molecule has 5 nitrogen and oxygen atoms in total. The van der Waals surface area contributed by atoms with Gasteiger partial charge in [0.15, 0.2) is 0 Å². The number of aromatic nitrogens is 3. The van der Waals surface area contributed by atoms with Crippen molar-refractivity contribution in [3.63, 3.8) is 0 Å². The molecule has 16 heavy (non-hydrogen) atoms. The smallest absolute Gasteiger partial charge is 0.337 e. The average Bonchev–Trinajstić information content (AvgIpc) is 2.82. The van der Waals surface area contributed by atoms with Crippen molar-refractivity contribution in [2.45, 2.75) is 6.92 Å². The van der Waals surface area contributed by atoms with Crippen LogP contribution in [-0.2, 0) is 4.74 Å². The number of esters is 1. The van der Waals surface area contributed by atoms with E-state index in [9.17, 15) is 4.79 Å². The van der Waals surface area contributed by atoms with Crippen molar-refractivity contribution in [2.24, 2.45) is 0 Å². The maximum atomic E-state index is 11.4. The second-order valence-electron chi connectivity index (χ2n) is 3.33. The first-order chi connectivity index (χ1) is 7.72. The molecule has 5 heteroatoms. The minimum absolute atomic E-state index is 0.360. The van der Waals surface area contributed by atoms with E-state index in [-0.39, 0.29) is 5.97 Å². The summed E-state index contributed by atoms with van der Waals surface area (Å²) in [7, 11) is 1.36. The summed E-state index contributed by atoms with van der Waals surface area (Å²) < 4.78 is 6.28. The van der Waals surface area contributed by atoms with E-state index in [0.717, 1.165) is 11.3 Å². The highest BCUT2D eigenvalue weighted by molar-refractivity contribution is 5.90. The Kier molecular flexibility index (Phi) is 2.68. The molecule has 0 aliphatic carbocycles. The van der Waals surface area contributed by atoms with Gasteiger partial charge in [-0.05, 0) is 24.6 Å². The van der Waals surface area contributed by atoms with Crippen LogP contribution in [0.3, 0.4) is 0 Å². The van der Waals surface area contributed by atoms with E-state index >= 15 is 0 Å². The molecule has 82 valence electrons. The van der Waals surface area contributed by atoms with Crippen LogP contribution in [0.2, 0.25) is 0 Å². The van der Waals surface area contributed by atoms with Crippen LogP contribution in [0, 0.1) is 6.92 Å². The van der Waals surface area contributed by atoms with Crippen LogP contribution in [0.15, 0.2) is 30.9 Å². The fourth-order valence-electron chi connectivity index (χ4n) is 1.43. The Bertz CT molecular complexity index is 506. The van der Waals surface area contributed by atoms with Crippen molar-refractivity contribution in [3.8, 4) is 5.69 Å². The summed E-state index contributed by atoms with van der Waals surface area (Å²) >= 11 is 0. The summed E-state index contributed by atoms with van der Waals surface area (Å²) in [6.07, 6.45) is 3.04. The van der Waals surface area contributed by atoms with Gasteiger partial charge >= 0.3 is 5.97 Å². The number of aryl methyl sites for hydroxylation is 1. The van der Waals surface area contributed by atoms with Gasteiger partial charge in [-0.1, -0.05) is 6.07 Å². The molecule has 2 rings (SSSR count). The highest BCUT2D eigenvalue weighted by Gasteiger charge is 2.09. The Balaban J connectivity index is 2.49. The van der Waals surface area contributed by atoms with E-state index in [4.69, 9.17) is 0 Å². The number of benzene rings is 1. The number of carbonyl (C=O) groups excluding carboxylic acids is 1. The Morgan fingerprint density at radius 3 is 2.88 bits per heavy atom. The van der Waals surface area contributed by atoms with Gasteiger partial charge in [0.1, 0.15) is 12.7 Å². The number of hydrogen-bond acceptors (Lipinski definition) is 4. The number of methoxy groups -OCH3 is 1. The molecule has 0 fully saturated rings. The molecule has 0 amide bonds. The number of nitrogens with zero attached hydrogens (tertiary/aromatic N) is 3. The molecule has 0 saturated carbocycles. The van der Waals surface area contributed by atoms with Crippen LogP contribution in [0.25, 0.3) is 5.69 Å². The Labute approximate surface area is 92.7 Å². The molecule has 0 N–H and O–H groups in total. The van der Waals surface area contributed by atoms with Crippen molar-refractivity contribution in [1.29, 1.82) is 0 Å². The van der Waals surface area contributed by atoms with Crippen LogP contribution in [0.5, 0.6) is 0 Å². The lowest BCUT2D eigenvalue weighted by atomic mass is 10.1. The Morgan fingerprint density at radius 2 is 2.25 bits per heavy atom. The lowest BCUT2D eigenvalue weighted by Crippen LogP contribution is -2.04. The number of carbonyl (C=O) groups is 1. The maximum Gasteiger partial charge on any atom is 0.337 e.